The number of hydrogen-bond donors (Lipinski definition) is 0. The zero-order chi connectivity index (χ0) is 27.1. The third-order valence-electron chi connectivity index (χ3n) is 7.95. The van der Waals surface area contributed by atoms with Gasteiger partial charge in [-0.05, 0) is 72.8 Å². The molecule has 0 saturated carbocycles. The Kier molecular flexibility index (Phi) is 9.80. The van der Waals surface area contributed by atoms with Crippen molar-refractivity contribution >= 4 is 46.4 Å². The maximum atomic E-state index is 2.36. The van der Waals surface area contributed by atoms with Crippen LogP contribution in [0, 0.1) is 0 Å². The summed E-state index contributed by atoms with van der Waals surface area (Å²) < 4.78 is 0. The number of benzene rings is 6. The van der Waals surface area contributed by atoms with Crippen LogP contribution in [0.2, 0.25) is 0 Å². The largest absolute Gasteiger partial charge is 0.115 e. The van der Waals surface area contributed by atoms with Crippen LogP contribution in [0.3, 0.4) is 0 Å². The van der Waals surface area contributed by atoms with E-state index in [-0.39, 0.29) is 21.1 Å². The summed E-state index contributed by atoms with van der Waals surface area (Å²) in [4.78, 5) is 0. The fraction of sp³-hybridized carbons (Fsp3) is 0.0526. The Morgan fingerprint density at radius 3 is 0.537 bits per heavy atom. The van der Waals surface area contributed by atoms with E-state index in [2.05, 4.69) is 182 Å². The monoisotopic (exact) mass is 747 g/mol. The first-order valence-electron chi connectivity index (χ1n) is 13.9. The van der Waals surface area contributed by atoms with Crippen LogP contribution in [0.1, 0.15) is 0 Å². The van der Waals surface area contributed by atoms with Gasteiger partial charge in [0.2, 0.25) is 0 Å². The van der Waals surface area contributed by atoms with Crippen molar-refractivity contribution < 1.29 is 21.1 Å². The Morgan fingerprint density at radius 1 is 0.244 bits per heavy atom. The minimum absolute atomic E-state index is 0. The quantitative estimate of drug-likeness (QED) is 0.140. The van der Waals surface area contributed by atoms with E-state index in [1.165, 1.54) is 31.8 Å². The third kappa shape index (κ3) is 5.81. The third-order valence-corrected chi connectivity index (χ3v) is 17.2. The van der Waals surface area contributed by atoms with E-state index >= 15 is 0 Å². The van der Waals surface area contributed by atoms with Gasteiger partial charge in [0.25, 0.3) is 0 Å². The Balaban J connectivity index is 0.00000337. The van der Waals surface area contributed by atoms with Crippen molar-refractivity contribution in [3.63, 3.8) is 0 Å². The zero-order valence-electron chi connectivity index (χ0n) is 22.9. The predicted molar refractivity (Wildman–Crippen MR) is 180 cm³/mol. The molecule has 0 nitrogen and oxygen atoms in total. The van der Waals surface area contributed by atoms with E-state index in [0.29, 0.717) is 0 Å². The van der Waals surface area contributed by atoms with Crippen LogP contribution in [-0.2, 0) is 21.1 Å². The molecule has 0 unspecified atom stereocenters. The molecule has 6 aromatic rings. The summed E-state index contributed by atoms with van der Waals surface area (Å²) in [6, 6.07) is 67.8. The van der Waals surface area contributed by atoms with E-state index in [9.17, 15) is 0 Å². The molecule has 0 heterocycles. The molecule has 0 aliphatic carbocycles. The van der Waals surface area contributed by atoms with Crippen molar-refractivity contribution in [2.24, 2.45) is 0 Å². The minimum Gasteiger partial charge on any atom is -0.0620 e. The Bertz CT molecular complexity index is 1290. The van der Waals surface area contributed by atoms with Gasteiger partial charge in [0.15, 0.2) is 0 Å². The second-order valence-corrected chi connectivity index (χ2v) is 17.3. The van der Waals surface area contributed by atoms with Crippen molar-refractivity contribution in [2.75, 3.05) is 12.3 Å². The molecular formula is C38H34P2Pt+2. The molecule has 6 rings (SSSR count). The van der Waals surface area contributed by atoms with Crippen LogP contribution in [0.15, 0.2) is 182 Å². The molecule has 0 N–H and O–H groups in total. The SMILES string of the molecule is [Pt].c1ccc([P+](CC[P+](c2ccccc2)(c2ccccc2)c2ccccc2)(c2ccccc2)c2ccccc2)cc1. The fourth-order valence-electron chi connectivity index (χ4n) is 6.06. The van der Waals surface area contributed by atoms with Crippen LogP contribution in [-0.4, -0.2) is 12.3 Å². The van der Waals surface area contributed by atoms with Crippen LogP contribution in [0.25, 0.3) is 0 Å². The van der Waals surface area contributed by atoms with Crippen molar-refractivity contribution in [1.82, 2.24) is 0 Å². The van der Waals surface area contributed by atoms with Gasteiger partial charge in [-0.3, -0.25) is 0 Å². The molecule has 0 fully saturated rings. The first kappa shape index (κ1) is 29.4. The molecule has 0 saturated heterocycles. The van der Waals surface area contributed by atoms with Gasteiger partial charge in [-0.2, -0.15) is 0 Å². The first-order chi connectivity index (χ1) is 19.8. The zero-order valence-corrected chi connectivity index (χ0v) is 27.0. The van der Waals surface area contributed by atoms with Gasteiger partial charge in [0.1, 0.15) is 58.7 Å². The Labute approximate surface area is 260 Å². The van der Waals surface area contributed by atoms with Crippen molar-refractivity contribution in [3.05, 3.63) is 182 Å². The summed E-state index contributed by atoms with van der Waals surface area (Å²) in [6.45, 7) is 0. The van der Waals surface area contributed by atoms with Gasteiger partial charge in [-0.1, -0.05) is 109 Å². The molecular weight excluding hydrogens is 713 g/mol. The summed E-state index contributed by atoms with van der Waals surface area (Å²) in [5.41, 5.74) is 0. The molecule has 3 heteroatoms. The molecule has 6 aromatic carbocycles. The fourth-order valence-corrected chi connectivity index (χ4v) is 15.9. The summed E-state index contributed by atoms with van der Waals surface area (Å²) >= 11 is 0. The molecule has 0 aliphatic heterocycles. The van der Waals surface area contributed by atoms with Gasteiger partial charge in [-0.25, -0.2) is 0 Å². The maximum Gasteiger partial charge on any atom is 0.115 e. The number of rotatable bonds is 9. The minimum atomic E-state index is -1.98. The molecule has 0 radical (unpaired) electrons. The molecule has 0 bridgehead atoms. The predicted octanol–water partition coefficient (Wildman–Crippen LogP) is 6.97. The molecule has 0 aliphatic rings. The Hall–Kier alpha value is -3.13. The van der Waals surface area contributed by atoms with Crippen molar-refractivity contribution in [2.45, 2.75) is 0 Å². The number of hydrogen-bond acceptors (Lipinski definition) is 0. The van der Waals surface area contributed by atoms with Gasteiger partial charge in [0, 0.05) is 21.1 Å². The van der Waals surface area contributed by atoms with Crippen LogP contribution in [0.5, 0.6) is 0 Å². The first-order valence-corrected chi connectivity index (χ1v) is 17.9. The van der Waals surface area contributed by atoms with Crippen LogP contribution in [0.4, 0.5) is 0 Å². The Morgan fingerprint density at radius 2 is 0.390 bits per heavy atom. The van der Waals surface area contributed by atoms with E-state index in [1.54, 1.807) is 0 Å². The summed E-state index contributed by atoms with van der Waals surface area (Å²) in [6.07, 6.45) is 2.16. The summed E-state index contributed by atoms with van der Waals surface area (Å²) in [7, 11) is -3.97. The average molecular weight is 748 g/mol. The normalized spacial score (nSPS) is 11.4. The molecule has 0 amide bonds. The standard InChI is InChI=1S/C38H34P2.Pt/c1-7-19-33(20-8-1)39(34-21-9-2-10-22-34,35-23-11-3-12-24-35)31-32-40(36-25-13-4-14-26-36,37-27-15-5-16-28-37)38-29-17-6-18-30-38;/h1-30H,31-32H2;/q+2;. The molecule has 204 valence electrons. The smallest absolute Gasteiger partial charge is 0.0620 e. The van der Waals surface area contributed by atoms with Gasteiger partial charge in [0.05, 0.1) is 0 Å². The average Bonchev–Trinajstić information content (AvgIpc) is 3.06. The summed E-state index contributed by atoms with van der Waals surface area (Å²) in [5, 5.41) is 8.66. The summed E-state index contributed by atoms with van der Waals surface area (Å²) in [5.74, 6) is 0. The topological polar surface area (TPSA) is 0 Å². The van der Waals surface area contributed by atoms with E-state index in [4.69, 9.17) is 0 Å². The molecule has 41 heavy (non-hydrogen) atoms. The molecule has 0 aromatic heterocycles. The van der Waals surface area contributed by atoms with E-state index < -0.39 is 14.5 Å². The van der Waals surface area contributed by atoms with Crippen LogP contribution < -0.4 is 31.8 Å². The van der Waals surface area contributed by atoms with E-state index in [0.717, 1.165) is 12.3 Å². The molecule has 0 atom stereocenters. The van der Waals surface area contributed by atoms with Crippen molar-refractivity contribution in [1.29, 1.82) is 0 Å². The van der Waals surface area contributed by atoms with Crippen molar-refractivity contribution in [3.8, 4) is 0 Å². The van der Waals surface area contributed by atoms with E-state index in [1.807, 2.05) is 0 Å². The molecule has 0 spiro atoms. The second-order valence-electron chi connectivity index (χ2n) is 10.1. The maximum absolute atomic E-state index is 2.36. The second kappa shape index (κ2) is 13.7. The van der Waals surface area contributed by atoms with Gasteiger partial charge < -0.3 is 0 Å². The van der Waals surface area contributed by atoms with Crippen LogP contribution >= 0.6 is 14.5 Å². The van der Waals surface area contributed by atoms with Gasteiger partial charge >= 0.3 is 0 Å². The van der Waals surface area contributed by atoms with Gasteiger partial charge in [-0.15, -0.1) is 0 Å².